The van der Waals surface area contributed by atoms with Crippen molar-refractivity contribution in [2.75, 3.05) is 25.3 Å². The number of pyridine rings is 1. The fourth-order valence-corrected chi connectivity index (χ4v) is 2.91. The molecular weight excluding hydrogens is 278 g/mol. The van der Waals surface area contributed by atoms with Crippen molar-refractivity contribution in [3.63, 3.8) is 0 Å². The first-order valence-electron chi connectivity index (χ1n) is 7.28. The maximum Gasteiger partial charge on any atom is 0.187 e. The molecular formula is C17H17N3O2. The molecule has 0 spiro atoms. The Hall–Kier alpha value is -2.21. The first-order valence-corrected chi connectivity index (χ1v) is 7.28. The number of hydrazine groups is 1. The molecule has 0 radical (unpaired) electrons. The van der Waals surface area contributed by atoms with Crippen molar-refractivity contribution in [1.29, 1.82) is 0 Å². The highest BCUT2D eigenvalue weighted by molar-refractivity contribution is 6.05. The van der Waals surface area contributed by atoms with Gasteiger partial charge in [0.1, 0.15) is 0 Å². The van der Waals surface area contributed by atoms with Crippen LogP contribution in [0, 0.1) is 0 Å². The zero-order valence-corrected chi connectivity index (χ0v) is 12.3. The van der Waals surface area contributed by atoms with E-state index in [9.17, 15) is 0 Å². The summed E-state index contributed by atoms with van der Waals surface area (Å²) in [6, 6.07) is 14.4. The van der Waals surface area contributed by atoms with Crippen molar-refractivity contribution in [3.8, 4) is 0 Å². The van der Waals surface area contributed by atoms with Crippen LogP contribution < -0.4 is 10.9 Å². The SMILES string of the molecule is CN(N)c1nc2c(ccc3ccccc32)cc1C1OCCO1. The zero-order chi connectivity index (χ0) is 15.1. The van der Waals surface area contributed by atoms with Gasteiger partial charge in [0.05, 0.1) is 24.3 Å². The van der Waals surface area contributed by atoms with E-state index in [4.69, 9.17) is 20.3 Å². The fraction of sp³-hybridized carbons (Fsp3) is 0.235. The van der Waals surface area contributed by atoms with E-state index in [1.165, 1.54) is 5.01 Å². The largest absolute Gasteiger partial charge is 0.346 e. The fourth-order valence-electron chi connectivity index (χ4n) is 2.91. The number of aromatic nitrogens is 1. The van der Waals surface area contributed by atoms with E-state index in [2.05, 4.69) is 30.3 Å². The van der Waals surface area contributed by atoms with Crippen LogP contribution >= 0.6 is 0 Å². The highest BCUT2D eigenvalue weighted by Gasteiger charge is 2.24. The number of ether oxygens (including phenoxy) is 2. The second kappa shape index (κ2) is 5.21. The molecule has 2 aromatic carbocycles. The number of hydrogen-bond acceptors (Lipinski definition) is 5. The summed E-state index contributed by atoms with van der Waals surface area (Å²) in [4.78, 5) is 4.79. The molecule has 22 heavy (non-hydrogen) atoms. The number of nitrogens with two attached hydrogens (primary N) is 1. The van der Waals surface area contributed by atoms with Crippen molar-refractivity contribution in [1.82, 2.24) is 4.98 Å². The van der Waals surface area contributed by atoms with Gasteiger partial charge in [0.25, 0.3) is 0 Å². The number of anilines is 1. The van der Waals surface area contributed by atoms with E-state index in [0.29, 0.717) is 19.0 Å². The molecule has 1 aromatic heterocycles. The number of hydrogen-bond donors (Lipinski definition) is 1. The maximum absolute atomic E-state index is 5.98. The molecule has 0 aliphatic carbocycles. The van der Waals surface area contributed by atoms with Crippen LogP contribution in [-0.4, -0.2) is 25.2 Å². The van der Waals surface area contributed by atoms with Crippen LogP contribution in [0.1, 0.15) is 11.9 Å². The quantitative estimate of drug-likeness (QED) is 0.447. The summed E-state index contributed by atoms with van der Waals surface area (Å²) in [5.74, 6) is 6.65. The number of nitrogens with zero attached hydrogens (tertiary/aromatic N) is 2. The third-order valence-electron chi connectivity index (χ3n) is 3.93. The van der Waals surface area contributed by atoms with Crippen LogP contribution in [0.4, 0.5) is 5.82 Å². The highest BCUT2D eigenvalue weighted by Crippen LogP contribution is 2.34. The average Bonchev–Trinajstić information content (AvgIpc) is 3.07. The molecule has 3 aromatic rings. The Morgan fingerprint density at radius 1 is 1.09 bits per heavy atom. The molecule has 0 unspecified atom stereocenters. The first kappa shape index (κ1) is 13.5. The van der Waals surface area contributed by atoms with Crippen LogP contribution in [0.25, 0.3) is 21.7 Å². The Kier molecular flexibility index (Phi) is 3.18. The molecule has 1 saturated heterocycles. The second-order valence-corrected chi connectivity index (χ2v) is 5.44. The van der Waals surface area contributed by atoms with E-state index in [1.807, 2.05) is 12.1 Å². The standard InChI is InChI=1S/C17H17N3O2/c1-20(18)16-14(17-21-8-9-22-17)10-12-7-6-11-4-2-3-5-13(11)15(12)19-16/h2-7,10,17H,8-9,18H2,1H3. The number of fused-ring (bicyclic) bond motifs is 3. The van der Waals surface area contributed by atoms with Gasteiger partial charge in [-0.3, -0.25) is 5.01 Å². The predicted molar refractivity (Wildman–Crippen MR) is 86.5 cm³/mol. The smallest absolute Gasteiger partial charge is 0.187 e. The van der Waals surface area contributed by atoms with Crippen LogP contribution in [0.3, 0.4) is 0 Å². The lowest BCUT2D eigenvalue weighted by atomic mass is 10.0. The normalized spacial score (nSPS) is 15.7. The minimum absolute atomic E-state index is 0.399. The lowest BCUT2D eigenvalue weighted by Gasteiger charge is -2.20. The van der Waals surface area contributed by atoms with E-state index in [0.717, 1.165) is 27.2 Å². The summed E-state index contributed by atoms with van der Waals surface area (Å²) < 4.78 is 11.2. The second-order valence-electron chi connectivity index (χ2n) is 5.44. The Morgan fingerprint density at radius 3 is 2.59 bits per heavy atom. The first-order chi connectivity index (χ1) is 10.7. The predicted octanol–water partition coefficient (Wildman–Crippen LogP) is 2.74. The zero-order valence-electron chi connectivity index (χ0n) is 12.3. The van der Waals surface area contributed by atoms with Gasteiger partial charge in [-0.05, 0) is 11.5 Å². The summed E-state index contributed by atoms with van der Waals surface area (Å²) in [6.07, 6.45) is -0.399. The molecule has 0 saturated carbocycles. The molecule has 1 aliphatic rings. The van der Waals surface area contributed by atoms with Crippen LogP contribution in [0.2, 0.25) is 0 Å². The van der Waals surface area contributed by atoms with Crippen LogP contribution in [-0.2, 0) is 9.47 Å². The molecule has 5 nitrogen and oxygen atoms in total. The molecule has 0 atom stereocenters. The highest BCUT2D eigenvalue weighted by atomic mass is 16.7. The number of rotatable bonds is 2. The molecule has 5 heteroatoms. The maximum atomic E-state index is 5.98. The Morgan fingerprint density at radius 2 is 1.82 bits per heavy atom. The van der Waals surface area contributed by atoms with E-state index < -0.39 is 6.29 Å². The van der Waals surface area contributed by atoms with Crippen molar-refractivity contribution in [3.05, 3.63) is 48.0 Å². The van der Waals surface area contributed by atoms with Gasteiger partial charge in [-0.25, -0.2) is 10.8 Å². The third kappa shape index (κ3) is 2.11. The van der Waals surface area contributed by atoms with E-state index in [1.54, 1.807) is 7.05 Å². The molecule has 1 fully saturated rings. The number of benzene rings is 2. The summed E-state index contributed by atoms with van der Waals surface area (Å²) in [5.41, 5.74) is 1.80. The summed E-state index contributed by atoms with van der Waals surface area (Å²) in [6.45, 7) is 1.18. The summed E-state index contributed by atoms with van der Waals surface area (Å²) in [7, 11) is 1.78. The van der Waals surface area contributed by atoms with Gasteiger partial charge in [-0.1, -0.05) is 36.4 Å². The van der Waals surface area contributed by atoms with Gasteiger partial charge in [0.15, 0.2) is 12.1 Å². The van der Waals surface area contributed by atoms with Crippen molar-refractivity contribution in [2.24, 2.45) is 5.84 Å². The minimum atomic E-state index is -0.399. The molecule has 2 N–H and O–H groups in total. The average molecular weight is 295 g/mol. The Labute approximate surface area is 128 Å². The monoisotopic (exact) mass is 295 g/mol. The van der Waals surface area contributed by atoms with Gasteiger partial charge in [0, 0.05) is 17.8 Å². The minimum Gasteiger partial charge on any atom is -0.346 e. The van der Waals surface area contributed by atoms with Crippen molar-refractivity contribution in [2.45, 2.75) is 6.29 Å². The molecule has 112 valence electrons. The van der Waals surface area contributed by atoms with Gasteiger partial charge in [-0.15, -0.1) is 0 Å². The van der Waals surface area contributed by atoms with Crippen molar-refractivity contribution >= 4 is 27.5 Å². The molecule has 4 rings (SSSR count). The van der Waals surface area contributed by atoms with Gasteiger partial charge >= 0.3 is 0 Å². The van der Waals surface area contributed by atoms with E-state index >= 15 is 0 Å². The molecule has 2 heterocycles. The van der Waals surface area contributed by atoms with Crippen LogP contribution in [0.15, 0.2) is 42.5 Å². The summed E-state index contributed by atoms with van der Waals surface area (Å²) >= 11 is 0. The van der Waals surface area contributed by atoms with Crippen molar-refractivity contribution < 1.29 is 9.47 Å². The summed E-state index contributed by atoms with van der Waals surface area (Å²) in [5, 5.41) is 4.84. The van der Waals surface area contributed by atoms with Gasteiger partial charge < -0.3 is 9.47 Å². The molecule has 0 amide bonds. The van der Waals surface area contributed by atoms with Crippen LogP contribution in [0.5, 0.6) is 0 Å². The van der Waals surface area contributed by atoms with Gasteiger partial charge in [-0.2, -0.15) is 0 Å². The Bertz CT molecular complexity index is 842. The lowest BCUT2D eigenvalue weighted by molar-refractivity contribution is -0.0438. The topological polar surface area (TPSA) is 60.6 Å². The Balaban J connectivity index is 2.01. The van der Waals surface area contributed by atoms with Gasteiger partial charge in [0.2, 0.25) is 0 Å². The third-order valence-corrected chi connectivity index (χ3v) is 3.93. The molecule has 1 aliphatic heterocycles. The van der Waals surface area contributed by atoms with E-state index in [-0.39, 0.29) is 0 Å². The molecule has 0 bridgehead atoms. The lowest BCUT2D eigenvalue weighted by Crippen LogP contribution is -2.28.